The second-order valence-electron chi connectivity index (χ2n) is 5.52. The Balaban J connectivity index is 1.91. The number of nitrogens with zero attached hydrogens (tertiary/aromatic N) is 1. The van der Waals surface area contributed by atoms with Gasteiger partial charge in [0.2, 0.25) is 5.91 Å². The summed E-state index contributed by atoms with van der Waals surface area (Å²) in [6, 6.07) is 8.03. The molecule has 1 aliphatic rings. The van der Waals surface area contributed by atoms with Crippen molar-refractivity contribution in [2.75, 3.05) is 26.2 Å². The maximum atomic E-state index is 12.3. The molecule has 1 aromatic rings. The zero-order valence-electron chi connectivity index (χ0n) is 13.1. The summed E-state index contributed by atoms with van der Waals surface area (Å²) < 4.78 is 5.63. The van der Waals surface area contributed by atoms with Crippen LogP contribution in [0.15, 0.2) is 24.3 Å². The molecule has 4 heteroatoms. The molecule has 1 aromatic carbocycles. The van der Waals surface area contributed by atoms with Crippen molar-refractivity contribution in [2.45, 2.75) is 39.2 Å². The highest BCUT2D eigenvalue weighted by Gasteiger charge is 2.22. The van der Waals surface area contributed by atoms with Crippen LogP contribution in [0, 0.1) is 0 Å². The highest BCUT2D eigenvalue weighted by atomic mass is 16.5. The topological polar surface area (TPSA) is 41.6 Å². The summed E-state index contributed by atoms with van der Waals surface area (Å²) in [5.74, 6) is 1.00. The zero-order chi connectivity index (χ0) is 15.1. The third-order valence-electron chi connectivity index (χ3n) is 3.94. The smallest absolute Gasteiger partial charge is 0.234 e. The second kappa shape index (κ2) is 8.03. The molecule has 0 saturated carbocycles. The molecule has 1 heterocycles. The molecular weight excluding hydrogens is 264 g/mol. The Morgan fingerprint density at radius 2 is 2.19 bits per heavy atom. The number of rotatable bonds is 7. The van der Waals surface area contributed by atoms with Crippen LogP contribution in [0.1, 0.15) is 44.7 Å². The third-order valence-corrected chi connectivity index (χ3v) is 3.94. The molecule has 1 amide bonds. The van der Waals surface area contributed by atoms with Crippen LogP contribution in [0.4, 0.5) is 0 Å². The Hall–Kier alpha value is -1.55. The molecule has 0 aromatic heterocycles. The number of carbonyl (C=O) groups excluding carboxylic acids is 1. The van der Waals surface area contributed by atoms with Crippen molar-refractivity contribution in [2.24, 2.45) is 0 Å². The maximum Gasteiger partial charge on any atom is 0.234 e. The van der Waals surface area contributed by atoms with Gasteiger partial charge in [-0.1, -0.05) is 38.5 Å². The minimum atomic E-state index is 0.0762. The number of hydrogen-bond acceptors (Lipinski definition) is 3. The van der Waals surface area contributed by atoms with Crippen molar-refractivity contribution in [3.8, 4) is 5.75 Å². The molecule has 1 atom stereocenters. The SMILES string of the molecule is CCCCN(CC)CC(=O)NC1CCOc2ccccc21. The molecule has 116 valence electrons. The summed E-state index contributed by atoms with van der Waals surface area (Å²) in [6.45, 7) is 7.33. The largest absolute Gasteiger partial charge is 0.493 e. The predicted octanol–water partition coefficient (Wildman–Crippen LogP) is 2.75. The van der Waals surface area contributed by atoms with E-state index in [0.29, 0.717) is 13.2 Å². The van der Waals surface area contributed by atoms with Crippen LogP contribution in [0.25, 0.3) is 0 Å². The first-order valence-electron chi connectivity index (χ1n) is 7.98. The molecule has 0 spiro atoms. The Kier molecular flexibility index (Phi) is 6.05. The van der Waals surface area contributed by atoms with E-state index >= 15 is 0 Å². The van der Waals surface area contributed by atoms with E-state index in [-0.39, 0.29) is 11.9 Å². The number of benzene rings is 1. The zero-order valence-corrected chi connectivity index (χ0v) is 13.1. The minimum Gasteiger partial charge on any atom is -0.493 e. The minimum absolute atomic E-state index is 0.0762. The van der Waals surface area contributed by atoms with Crippen molar-refractivity contribution in [3.63, 3.8) is 0 Å². The second-order valence-corrected chi connectivity index (χ2v) is 5.52. The van der Waals surface area contributed by atoms with Crippen molar-refractivity contribution < 1.29 is 9.53 Å². The Bertz CT molecular complexity index is 462. The summed E-state index contributed by atoms with van der Waals surface area (Å²) >= 11 is 0. The number of ether oxygens (including phenoxy) is 1. The third kappa shape index (κ3) is 4.46. The van der Waals surface area contributed by atoms with Gasteiger partial charge >= 0.3 is 0 Å². The lowest BCUT2D eigenvalue weighted by Crippen LogP contribution is -2.40. The lowest BCUT2D eigenvalue weighted by Gasteiger charge is -2.28. The van der Waals surface area contributed by atoms with E-state index in [9.17, 15) is 4.79 Å². The molecule has 0 radical (unpaired) electrons. The molecule has 1 unspecified atom stereocenters. The van der Waals surface area contributed by atoms with Crippen LogP contribution in [-0.4, -0.2) is 37.0 Å². The molecule has 1 aliphatic heterocycles. The highest BCUT2D eigenvalue weighted by Crippen LogP contribution is 2.31. The normalized spacial score (nSPS) is 17.2. The lowest BCUT2D eigenvalue weighted by molar-refractivity contribution is -0.123. The number of para-hydroxylation sites is 1. The summed E-state index contributed by atoms with van der Waals surface area (Å²) in [5, 5.41) is 3.16. The number of amides is 1. The fourth-order valence-electron chi connectivity index (χ4n) is 2.67. The molecule has 0 saturated heterocycles. The van der Waals surface area contributed by atoms with E-state index in [1.165, 1.54) is 0 Å². The molecule has 2 rings (SSSR count). The fraction of sp³-hybridized carbons (Fsp3) is 0.588. The monoisotopic (exact) mass is 290 g/mol. The van der Waals surface area contributed by atoms with Gasteiger partial charge in [0, 0.05) is 12.0 Å². The van der Waals surface area contributed by atoms with E-state index in [2.05, 4.69) is 24.1 Å². The average Bonchev–Trinajstić information content (AvgIpc) is 2.51. The van der Waals surface area contributed by atoms with Crippen LogP contribution in [0.3, 0.4) is 0 Å². The van der Waals surface area contributed by atoms with Crippen LogP contribution < -0.4 is 10.1 Å². The van der Waals surface area contributed by atoms with Gasteiger partial charge in [-0.2, -0.15) is 0 Å². The van der Waals surface area contributed by atoms with Gasteiger partial charge in [0.15, 0.2) is 0 Å². The summed E-state index contributed by atoms with van der Waals surface area (Å²) in [7, 11) is 0. The quantitative estimate of drug-likeness (QED) is 0.839. The summed E-state index contributed by atoms with van der Waals surface area (Å²) in [5.41, 5.74) is 1.09. The van der Waals surface area contributed by atoms with Crippen LogP contribution in [0.5, 0.6) is 5.75 Å². The molecule has 0 aliphatic carbocycles. The molecular formula is C17H26N2O2. The number of nitrogens with one attached hydrogen (secondary N) is 1. The Morgan fingerprint density at radius 1 is 1.38 bits per heavy atom. The van der Waals surface area contributed by atoms with Gasteiger partial charge in [0.05, 0.1) is 19.2 Å². The number of hydrogen-bond donors (Lipinski definition) is 1. The van der Waals surface area contributed by atoms with Gasteiger partial charge in [0.1, 0.15) is 5.75 Å². The lowest BCUT2D eigenvalue weighted by atomic mass is 10.0. The molecule has 21 heavy (non-hydrogen) atoms. The van der Waals surface area contributed by atoms with E-state index in [1.807, 2.05) is 24.3 Å². The first-order valence-corrected chi connectivity index (χ1v) is 7.98. The van der Waals surface area contributed by atoms with Crippen molar-refractivity contribution in [3.05, 3.63) is 29.8 Å². The Labute approximate surface area is 127 Å². The Morgan fingerprint density at radius 3 is 2.95 bits per heavy atom. The standard InChI is InChI=1S/C17H26N2O2/c1-3-5-11-19(4-2)13-17(20)18-15-10-12-21-16-9-7-6-8-14(15)16/h6-9,15H,3-5,10-13H2,1-2H3,(H,18,20). The van der Waals surface area contributed by atoms with Crippen molar-refractivity contribution in [1.29, 1.82) is 0 Å². The first kappa shape index (κ1) is 15.8. The van der Waals surface area contributed by atoms with Crippen LogP contribution >= 0.6 is 0 Å². The highest BCUT2D eigenvalue weighted by molar-refractivity contribution is 5.78. The van der Waals surface area contributed by atoms with Gasteiger partial charge in [0.25, 0.3) is 0 Å². The summed E-state index contributed by atoms with van der Waals surface area (Å²) in [6.07, 6.45) is 3.14. The number of unbranched alkanes of at least 4 members (excludes halogenated alkanes) is 1. The number of likely N-dealkylation sites (N-methyl/N-ethyl adjacent to an activating group) is 1. The van der Waals surface area contributed by atoms with E-state index < -0.39 is 0 Å². The van der Waals surface area contributed by atoms with Gasteiger partial charge in [-0.25, -0.2) is 0 Å². The van der Waals surface area contributed by atoms with Gasteiger partial charge in [-0.05, 0) is 25.6 Å². The molecule has 4 nitrogen and oxygen atoms in total. The fourth-order valence-corrected chi connectivity index (χ4v) is 2.67. The van der Waals surface area contributed by atoms with Gasteiger partial charge < -0.3 is 10.1 Å². The van der Waals surface area contributed by atoms with E-state index in [0.717, 1.165) is 43.7 Å². The molecule has 1 N–H and O–H groups in total. The average molecular weight is 290 g/mol. The van der Waals surface area contributed by atoms with Crippen molar-refractivity contribution in [1.82, 2.24) is 10.2 Å². The predicted molar refractivity (Wildman–Crippen MR) is 84.5 cm³/mol. The van der Waals surface area contributed by atoms with Gasteiger partial charge in [-0.3, -0.25) is 9.69 Å². The number of carbonyl (C=O) groups is 1. The van der Waals surface area contributed by atoms with Gasteiger partial charge in [-0.15, -0.1) is 0 Å². The van der Waals surface area contributed by atoms with E-state index in [4.69, 9.17) is 4.74 Å². The van der Waals surface area contributed by atoms with Crippen molar-refractivity contribution >= 4 is 5.91 Å². The van der Waals surface area contributed by atoms with E-state index in [1.54, 1.807) is 0 Å². The molecule has 0 bridgehead atoms. The van der Waals surface area contributed by atoms with Crippen LogP contribution in [-0.2, 0) is 4.79 Å². The van der Waals surface area contributed by atoms with Crippen LogP contribution in [0.2, 0.25) is 0 Å². The first-order chi connectivity index (χ1) is 10.2. The molecule has 0 fully saturated rings. The summed E-state index contributed by atoms with van der Waals surface area (Å²) in [4.78, 5) is 14.5. The maximum absolute atomic E-state index is 12.3. The number of fused-ring (bicyclic) bond motifs is 1.